The van der Waals surface area contributed by atoms with E-state index in [9.17, 15) is 9.59 Å². The molecule has 0 bridgehead atoms. The Hall–Kier alpha value is -1.36. The van der Waals surface area contributed by atoms with Crippen LogP contribution in [-0.2, 0) is 9.53 Å². The second kappa shape index (κ2) is 7.59. The Morgan fingerprint density at radius 1 is 1.52 bits per heavy atom. The van der Waals surface area contributed by atoms with E-state index in [4.69, 9.17) is 4.74 Å². The van der Waals surface area contributed by atoms with Gasteiger partial charge in [0.15, 0.2) is 0 Å². The third-order valence-electron chi connectivity index (χ3n) is 4.10. The van der Waals surface area contributed by atoms with Crippen LogP contribution in [0.3, 0.4) is 0 Å². The first-order valence-corrected chi connectivity index (χ1v) is 7.71. The smallest absolute Gasteiger partial charge is 0.326 e. The normalized spacial score (nSPS) is 21.9. The molecule has 0 radical (unpaired) electrons. The summed E-state index contributed by atoms with van der Waals surface area (Å²) in [4.78, 5) is 25.9. The minimum Gasteiger partial charge on any atom is -0.354 e. The quantitative estimate of drug-likeness (QED) is 0.605. The molecular weight excluding hydrogens is 268 g/mol. The summed E-state index contributed by atoms with van der Waals surface area (Å²) in [6, 6.07) is -0.350. The Bertz CT molecular complexity index is 393. The van der Waals surface area contributed by atoms with Gasteiger partial charge in [0, 0.05) is 6.42 Å². The van der Waals surface area contributed by atoms with Crippen molar-refractivity contribution in [2.75, 3.05) is 6.61 Å². The number of ether oxygens (including phenoxy) is 1. The van der Waals surface area contributed by atoms with E-state index in [0.29, 0.717) is 25.4 Å². The van der Waals surface area contributed by atoms with Gasteiger partial charge < -0.3 is 4.74 Å². The average Bonchev–Trinajstić information content (AvgIpc) is 2.73. The molecule has 0 spiro atoms. The topological polar surface area (TPSA) is 58.6 Å². The summed E-state index contributed by atoms with van der Waals surface area (Å²) in [6.45, 7) is 12.0. The summed E-state index contributed by atoms with van der Waals surface area (Å²) in [6.07, 6.45) is 4.54. The second-order valence-electron chi connectivity index (χ2n) is 6.11. The Morgan fingerprint density at radius 2 is 2.19 bits per heavy atom. The molecular formula is C16H28N2O3. The Morgan fingerprint density at radius 3 is 2.76 bits per heavy atom. The van der Waals surface area contributed by atoms with Gasteiger partial charge in [0.1, 0.15) is 5.72 Å². The Balaban J connectivity index is 2.68. The number of allylic oxidation sites excluding steroid dienone is 1. The van der Waals surface area contributed by atoms with E-state index in [1.54, 1.807) is 11.0 Å². The van der Waals surface area contributed by atoms with Crippen LogP contribution in [-0.4, -0.2) is 35.2 Å². The third-order valence-corrected chi connectivity index (χ3v) is 4.10. The van der Waals surface area contributed by atoms with E-state index < -0.39 is 5.72 Å². The number of carbonyl (C=O) groups excluding carboxylic acids is 2. The van der Waals surface area contributed by atoms with Gasteiger partial charge in [0.2, 0.25) is 5.91 Å². The fraction of sp³-hybridized carbons (Fsp3) is 0.750. The van der Waals surface area contributed by atoms with Crippen LogP contribution in [0.5, 0.6) is 0 Å². The molecule has 0 aromatic heterocycles. The molecule has 1 heterocycles. The van der Waals surface area contributed by atoms with Crippen molar-refractivity contribution in [3.63, 3.8) is 0 Å². The molecule has 1 saturated heterocycles. The lowest BCUT2D eigenvalue weighted by atomic mass is 9.98. The van der Waals surface area contributed by atoms with E-state index in [1.165, 1.54) is 0 Å². The molecule has 5 heteroatoms. The zero-order valence-corrected chi connectivity index (χ0v) is 13.6. The fourth-order valence-electron chi connectivity index (χ4n) is 2.57. The lowest BCUT2D eigenvalue weighted by Gasteiger charge is -2.35. The molecule has 0 aromatic carbocycles. The van der Waals surface area contributed by atoms with Crippen molar-refractivity contribution in [1.82, 2.24) is 10.2 Å². The number of unbranched alkanes of at least 4 members (excludes halogenated alkanes) is 1. The highest BCUT2D eigenvalue weighted by atomic mass is 16.5. The lowest BCUT2D eigenvalue weighted by molar-refractivity contribution is -0.120. The second-order valence-corrected chi connectivity index (χ2v) is 6.11. The molecule has 1 aliphatic heterocycles. The molecule has 5 nitrogen and oxygen atoms in total. The van der Waals surface area contributed by atoms with E-state index in [2.05, 4.69) is 25.7 Å². The van der Waals surface area contributed by atoms with E-state index in [1.807, 2.05) is 13.8 Å². The number of imide groups is 1. The van der Waals surface area contributed by atoms with Gasteiger partial charge in [-0.1, -0.05) is 26.3 Å². The molecule has 120 valence electrons. The van der Waals surface area contributed by atoms with Crippen molar-refractivity contribution in [2.24, 2.45) is 5.92 Å². The van der Waals surface area contributed by atoms with Crippen LogP contribution in [0.1, 0.15) is 53.4 Å². The summed E-state index contributed by atoms with van der Waals surface area (Å²) in [7, 11) is 0. The number of hydrogen-bond acceptors (Lipinski definition) is 3. The molecule has 0 saturated carbocycles. The molecule has 21 heavy (non-hydrogen) atoms. The minimum atomic E-state index is -0.681. The van der Waals surface area contributed by atoms with Crippen molar-refractivity contribution in [3.05, 3.63) is 12.7 Å². The highest BCUT2D eigenvalue weighted by Crippen LogP contribution is 2.32. The van der Waals surface area contributed by atoms with Crippen LogP contribution >= 0.6 is 0 Å². The Labute approximate surface area is 127 Å². The predicted octanol–water partition coefficient (Wildman–Crippen LogP) is 3.06. The number of nitrogens with zero attached hydrogens (tertiary/aromatic N) is 1. The van der Waals surface area contributed by atoms with Crippen LogP contribution < -0.4 is 5.32 Å². The summed E-state index contributed by atoms with van der Waals surface area (Å²) in [5.74, 6) is 0.0841. The molecule has 1 rings (SSSR count). The molecule has 0 aliphatic carbocycles. The first-order chi connectivity index (χ1) is 9.83. The highest BCUT2D eigenvalue weighted by Gasteiger charge is 2.45. The van der Waals surface area contributed by atoms with Gasteiger partial charge in [-0.2, -0.15) is 0 Å². The van der Waals surface area contributed by atoms with Crippen molar-refractivity contribution in [1.29, 1.82) is 0 Å². The number of carbonyl (C=O) groups is 2. The predicted molar refractivity (Wildman–Crippen MR) is 82.7 cm³/mol. The number of amides is 3. The number of urea groups is 1. The van der Waals surface area contributed by atoms with Crippen LogP contribution in [0, 0.1) is 5.92 Å². The lowest BCUT2D eigenvalue weighted by Crippen LogP contribution is -2.54. The summed E-state index contributed by atoms with van der Waals surface area (Å²) in [5.41, 5.74) is -0.681. The van der Waals surface area contributed by atoms with Crippen molar-refractivity contribution in [3.8, 4) is 0 Å². The minimum absolute atomic E-state index is 0.00553. The summed E-state index contributed by atoms with van der Waals surface area (Å²) in [5, 5.41) is 2.48. The first kappa shape index (κ1) is 17.7. The van der Waals surface area contributed by atoms with E-state index in [0.717, 1.165) is 12.8 Å². The number of hydrogen-bond donors (Lipinski definition) is 1. The maximum atomic E-state index is 12.4. The van der Waals surface area contributed by atoms with Crippen LogP contribution in [0.2, 0.25) is 0 Å². The summed E-state index contributed by atoms with van der Waals surface area (Å²) >= 11 is 0. The van der Waals surface area contributed by atoms with Crippen molar-refractivity contribution in [2.45, 2.75) is 65.1 Å². The van der Waals surface area contributed by atoms with Gasteiger partial charge in [-0.3, -0.25) is 15.0 Å². The molecule has 1 N–H and O–H groups in total. The first-order valence-electron chi connectivity index (χ1n) is 7.71. The molecule has 0 unspecified atom stereocenters. The maximum Gasteiger partial charge on any atom is 0.326 e. The van der Waals surface area contributed by atoms with Gasteiger partial charge in [-0.05, 0) is 32.6 Å². The van der Waals surface area contributed by atoms with Crippen molar-refractivity contribution < 1.29 is 14.3 Å². The molecule has 1 aliphatic rings. The van der Waals surface area contributed by atoms with E-state index in [-0.39, 0.29) is 18.0 Å². The zero-order valence-electron chi connectivity index (χ0n) is 13.6. The third kappa shape index (κ3) is 4.56. The Kier molecular flexibility index (Phi) is 6.40. The molecule has 1 fully saturated rings. The monoisotopic (exact) mass is 296 g/mol. The largest absolute Gasteiger partial charge is 0.354 e. The number of rotatable bonds is 6. The van der Waals surface area contributed by atoms with Crippen LogP contribution in [0.4, 0.5) is 4.79 Å². The molecule has 3 amide bonds. The van der Waals surface area contributed by atoms with Crippen molar-refractivity contribution >= 4 is 11.9 Å². The number of nitrogens with one attached hydrogen (secondary N) is 1. The van der Waals surface area contributed by atoms with Crippen LogP contribution in [0.15, 0.2) is 12.7 Å². The maximum absolute atomic E-state index is 12.4. The standard InChI is InChI=1S/C16H28N2O3/c1-6-8-9-10-14(19)17-15(20)18-13(12(3)7-2)11-21-16(18,4)5/h6,12-13H,1,7-11H2,2-5H3,(H,17,19,20)/t12-,13-/m1/s1. The zero-order chi connectivity index (χ0) is 16.0. The van der Waals surface area contributed by atoms with Gasteiger partial charge in [-0.15, -0.1) is 6.58 Å². The molecule has 0 aromatic rings. The summed E-state index contributed by atoms with van der Waals surface area (Å²) < 4.78 is 5.73. The van der Waals surface area contributed by atoms with Gasteiger partial charge in [0.05, 0.1) is 12.6 Å². The average molecular weight is 296 g/mol. The molecule has 2 atom stereocenters. The van der Waals surface area contributed by atoms with Gasteiger partial charge in [-0.25, -0.2) is 4.79 Å². The fourth-order valence-corrected chi connectivity index (χ4v) is 2.57. The van der Waals surface area contributed by atoms with Crippen LogP contribution in [0.25, 0.3) is 0 Å². The van der Waals surface area contributed by atoms with Gasteiger partial charge in [0.25, 0.3) is 0 Å². The SMILES string of the molecule is C=CCCCC(=O)NC(=O)N1[C@@H]([C@H](C)CC)COC1(C)C. The van der Waals surface area contributed by atoms with Gasteiger partial charge >= 0.3 is 6.03 Å². The highest BCUT2D eigenvalue weighted by molar-refractivity contribution is 5.94. The van der Waals surface area contributed by atoms with E-state index >= 15 is 0 Å².